The van der Waals surface area contributed by atoms with Crippen molar-refractivity contribution < 1.29 is 8.94 Å². The summed E-state index contributed by atoms with van der Waals surface area (Å²) >= 11 is -1.35. The Bertz CT molecular complexity index is 398. The van der Waals surface area contributed by atoms with Gasteiger partial charge in [-0.15, -0.1) is 0 Å². The van der Waals surface area contributed by atoms with Crippen LogP contribution < -0.4 is 0 Å². The van der Waals surface area contributed by atoms with Crippen molar-refractivity contribution in [3.8, 4) is 0 Å². The maximum Gasteiger partial charge on any atom is 0.144 e. The first-order valence-electron chi connectivity index (χ1n) is 5.04. The number of halogens is 1. The highest BCUT2D eigenvalue weighted by Gasteiger charge is 2.27. The smallest absolute Gasteiger partial charge is 0.144 e. The summed E-state index contributed by atoms with van der Waals surface area (Å²) in [6.45, 7) is 7.17. The van der Waals surface area contributed by atoms with Crippen LogP contribution in [0.2, 0.25) is 0 Å². The summed E-state index contributed by atoms with van der Waals surface area (Å²) in [7, 11) is 0. The SMILES string of the molecule is C/C(=N\[S+]([O-])C(C)(C)C)c1ccccc1F. The molecule has 0 spiro atoms. The van der Waals surface area contributed by atoms with Gasteiger partial charge in [-0.25, -0.2) is 4.39 Å². The lowest BCUT2D eigenvalue weighted by Gasteiger charge is -2.18. The van der Waals surface area contributed by atoms with E-state index >= 15 is 0 Å². The lowest BCUT2D eigenvalue weighted by atomic mass is 10.1. The Kier molecular flexibility index (Phi) is 4.10. The second kappa shape index (κ2) is 4.97. The molecule has 0 radical (unpaired) electrons. The minimum Gasteiger partial charge on any atom is -0.591 e. The standard InChI is InChI=1S/C12H16FNOS/c1-9(14-16(15)12(2,3)4)10-7-5-6-8-11(10)13/h5-8H,1-4H3/b14-9+. The average molecular weight is 241 g/mol. The Morgan fingerprint density at radius 2 is 1.88 bits per heavy atom. The van der Waals surface area contributed by atoms with Gasteiger partial charge < -0.3 is 4.55 Å². The molecule has 1 atom stereocenters. The van der Waals surface area contributed by atoms with Gasteiger partial charge in [0.25, 0.3) is 0 Å². The molecule has 0 aliphatic heterocycles. The van der Waals surface area contributed by atoms with Crippen molar-refractivity contribution in [3.05, 3.63) is 35.6 Å². The molecule has 0 amide bonds. The molecule has 0 bridgehead atoms. The molecule has 16 heavy (non-hydrogen) atoms. The van der Waals surface area contributed by atoms with Crippen LogP contribution in [0, 0.1) is 5.82 Å². The van der Waals surface area contributed by atoms with Crippen molar-refractivity contribution in [2.75, 3.05) is 0 Å². The molecule has 1 rings (SSSR count). The van der Waals surface area contributed by atoms with E-state index in [0.717, 1.165) is 0 Å². The fourth-order valence-electron chi connectivity index (χ4n) is 1.07. The highest BCUT2D eigenvalue weighted by atomic mass is 32.2. The third-order valence-corrected chi connectivity index (χ3v) is 3.49. The monoisotopic (exact) mass is 241 g/mol. The zero-order valence-electron chi connectivity index (χ0n) is 9.95. The third-order valence-electron chi connectivity index (χ3n) is 2.01. The predicted molar refractivity (Wildman–Crippen MR) is 66.5 cm³/mol. The van der Waals surface area contributed by atoms with E-state index in [4.69, 9.17) is 0 Å². The lowest BCUT2D eigenvalue weighted by molar-refractivity contribution is 0.561. The van der Waals surface area contributed by atoms with Gasteiger partial charge in [0.1, 0.15) is 21.9 Å². The molecule has 0 aliphatic rings. The van der Waals surface area contributed by atoms with E-state index in [-0.39, 0.29) is 5.82 Å². The van der Waals surface area contributed by atoms with Crippen LogP contribution in [0.4, 0.5) is 4.39 Å². The lowest BCUT2D eigenvalue weighted by Crippen LogP contribution is -2.26. The van der Waals surface area contributed by atoms with Crippen LogP contribution in [0.1, 0.15) is 33.3 Å². The quantitative estimate of drug-likeness (QED) is 0.579. The van der Waals surface area contributed by atoms with Gasteiger partial charge in [0.15, 0.2) is 0 Å². The molecule has 0 saturated carbocycles. The number of hydrogen-bond acceptors (Lipinski definition) is 2. The third kappa shape index (κ3) is 3.32. The minimum absolute atomic E-state index is 0.338. The zero-order valence-corrected chi connectivity index (χ0v) is 10.8. The van der Waals surface area contributed by atoms with Crippen LogP contribution in [0.15, 0.2) is 28.7 Å². The summed E-state index contributed by atoms with van der Waals surface area (Å²) in [5.74, 6) is -0.338. The van der Waals surface area contributed by atoms with E-state index in [2.05, 4.69) is 4.40 Å². The van der Waals surface area contributed by atoms with E-state index in [0.29, 0.717) is 11.3 Å². The maximum absolute atomic E-state index is 13.4. The average Bonchev–Trinajstić information content (AvgIpc) is 2.16. The molecule has 0 saturated heterocycles. The van der Waals surface area contributed by atoms with Gasteiger partial charge in [0.05, 0.1) is 5.71 Å². The molecule has 1 aromatic rings. The van der Waals surface area contributed by atoms with Crippen molar-refractivity contribution in [1.29, 1.82) is 0 Å². The van der Waals surface area contributed by atoms with Crippen LogP contribution >= 0.6 is 0 Å². The van der Waals surface area contributed by atoms with Crippen LogP contribution in [0.5, 0.6) is 0 Å². The number of benzene rings is 1. The predicted octanol–water partition coefficient (Wildman–Crippen LogP) is 3.10. The molecule has 0 fully saturated rings. The second-order valence-electron chi connectivity index (χ2n) is 4.52. The molecule has 0 aromatic heterocycles. The summed E-state index contributed by atoms with van der Waals surface area (Å²) in [5.41, 5.74) is 0.867. The van der Waals surface area contributed by atoms with Gasteiger partial charge in [-0.05, 0) is 33.8 Å². The number of hydrogen-bond donors (Lipinski definition) is 0. The molecule has 0 aliphatic carbocycles. The van der Waals surface area contributed by atoms with Crippen molar-refractivity contribution in [3.63, 3.8) is 0 Å². The molecule has 2 nitrogen and oxygen atoms in total. The van der Waals surface area contributed by atoms with E-state index in [1.54, 1.807) is 25.1 Å². The van der Waals surface area contributed by atoms with Gasteiger partial charge >= 0.3 is 0 Å². The van der Waals surface area contributed by atoms with Gasteiger partial charge in [0.2, 0.25) is 0 Å². The van der Waals surface area contributed by atoms with Crippen molar-refractivity contribution in [1.82, 2.24) is 0 Å². The summed E-state index contributed by atoms with van der Waals surface area (Å²) in [4.78, 5) is 0. The highest BCUT2D eigenvalue weighted by Crippen LogP contribution is 2.19. The maximum atomic E-state index is 13.4. The first kappa shape index (κ1) is 13.2. The van der Waals surface area contributed by atoms with Crippen LogP contribution in [-0.4, -0.2) is 15.0 Å². The largest absolute Gasteiger partial charge is 0.591 e. The van der Waals surface area contributed by atoms with Crippen molar-refractivity contribution in [2.45, 2.75) is 32.4 Å². The fourth-order valence-corrected chi connectivity index (χ4v) is 1.69. The summed E-state index contributed by atoms with van der Waals surface area (Å²) in [5, 5.41) is 0. The summed E-state index contributed by atoms with van der Waals surface area (Å²) in [6, 6.07) is 6.35. The highest BCUT2D eigenvalue weighted by molar-refractivity contribution is 7.91. The van der Waals surface area contributed by atoms with Gasteiger partial charge in [0, 0.05) is 5.56 Å². The second-order valence-corrected chi connectivity index (χ2v) is 6.42. The molecule has 1 aromatic carbocycles. The molecule has 1 unspecified atom stereocenters. The van der Waals surface area contributed by atoms with E-state index in [1.165, 1.54) is 6.07 Å². The Balaban J connectivity index is 2.99. The molecule has 0 N–H and O–H groups in total. The van der Waals surface area contributed by atoms with Crippen molar-refractivity contribution in [2.24, 2.45) is 4.40 Å². The van der Waals surface area contributed by atoms with Gasteiger partial charge in [-0.3, -0.25) is 0 Å². The molecule has 4 heteroatoms. The zero-order chi connectivity index (χ0) is 12.3. The molecule has 88 valence electrons. The Labute approximate surface area is 98.9 Å². The summed E-state index contributed by atoms with van der Waals surface area (Å²) < 4.78 is 28.8. The fraction of sp³-hybridized carbons (Fsp3) is 0.417. The van der Waals surface area contributed by atoms with Crippen LogP contribution in [0.25, 0.3) is 0 Å². The Morgan fingerprint density at radius 1 is 1.31 bits per heavy atom. The van der Waals surface area contributed by atoms with Gasteiger partial charge in [-0.1, -0.05) is 22.6 Å². The minimum atomic E-state index is -1.35. The number of nitrogens with zero attached hydrogens (tertiary/aromatic N) is 1. The van der Waals surface area contributed by atoms with Crippen molar-refractivity contribution >= 4 is 17.1 Å². The van der Waals surface area contributed by atoms with Gasteiger partial charge in [-0.2, -0.15) is 0 Å². The van der Waals surface area contributed by atoms with Crippen LogP contribution in [-0.2, 0) is 11.4 Å². The normalized spacial score (nSPS) is 15.0. The Morgan fingerprint density at radius 3 is 2.38 bits per heavy atom. The molecular formula is C12H16FNOS. The summed E-state index contributed by atoms with van der Waals surface area (Å²) in [6.07, 6.45) is 0. The van der Waals surface area contributed by atoms with E-state index < -0.39 is 16.1 Å². The van der Waals surface area contributed by atoms with Crippen LogP contribution in [0.3, 0.4) is 0 Å². The first-order valence-corrected chi connectivity index (χ1v) is 6.15. The number of rotatable bonds is 2. The first-order chi connectivity index (χ1) is 7.32. The molecule has 0 heterocycles. The molecular weight excluding hydrogens is 225 g/mol. The van der Waals surface area contributed by atoms with E-state index in [9.17, 15) is 8.94 Å². The van der Waals surface area contributed by atoms with E-state index in [1.807, 2.05) is 20.8 Å². The topological polar surface area (TPSA) is 35.4 Å². The Hall–Kier alpha value is -0.870.